The van der Waals surface area contributed by atoms with Crippen molar-refractivity contribution in [3.8, 4) is 0 Å². The molecule has 0 amide bonds. The lowest BCUT2D eigenvalue weighted by Gasteiger charge is -2.09. The molecule has 0 atom stereocenters. The van der Waals surface area contributed by atoms with Gasteiger partial charge in [-0.2, -0.15) is 9.78 Å². The Bertz CT molecular complexity index is 365. The molecule has 6 heteroatoms. The van der Waals surface area contributed by atoms with Crippen LogP contribution >= 0.6 is 0 Å². The minimum absolute atomic E-state index is 0.00556. The van der Waals surface area contributed by atoms with E-state index in [1.165, 1.54) is 0 Å². The second-order valence-electron chi connectivity index (χ2n) is 3.26. The fraction of sp³-hybridized carbons (Fsp3) is 0.500. The van der Waals surface area contributed by atoms with Crippen LogP contribution in [0.1, 0.15) is 34.8 Å². The predicted octanol–water partition coefficient (Wildman–Crippen LogP) is 2.05. The summed E-state index contributed by atoms with van der Waals surface area (Å²) in [6, 6.07) is 0. The third kappa shape index (κ3) is 1.40. The van der Waals surface area contributed by atoms with Gasteiger partial charge in [0.2, 0.25) is 0 Å². The van der Waals surface area contributed by atoms with Gasteiger partial charge in [0, 0.05) is 5.92 Å². The average Bonchev–Trinajstić information content (AvgIpc) is 2.82. The molecule has 0 spiro atoms. The number of aldehydes is 1. The van der Waals surface area contributed by atoms with Crippen molar-refractivity contribution in [2.45, 2.75) is 25.1 Å². The summed E-state index contributed by atoms with van der Waals surface area (Å²) in [5, 5.41) is 3.18. The minimum Gasteiger partial charge on any atom is -0.298 e. The van der Waals surface area contributed by atoms with Gasteiger partial charge in [-0.05, 0) is 12.8 Å². The summed E-state index contributed by atoms with van der Waals surface area (Å²) in [7, 11) is 0. The van der Waals surface area contributed by atoms with Gasteiger partial charge in [0.1, 0.15) is 0 Å². The third-order valence-corrected chi connectivity index (χ3v) is 2.17. The molecule has 0 saturated heterocycles. The van der Waals surface area contributed by atoms with Crippen LogP contribution in [0.3, 0.4) is 0 Å². The van der Waals surface area contributed by atoms with E-state index in [2.05, 4.69) is 5.10 Å². The summed E-state index contributed by atoms with van der Waals surface area (Å²) in [6.45, 7) is 0. The highest BCUT2D eigenvalue weighted by Crippen LogP contribution is 2.43. The van der Waals surface area contributed by atoms with E-state index in [9.17, 15) is 18.0 Å². The SMILES string of the molecule is O=Cc1cnn(C(F)(F)F)c1C1CC1. The Morgan fingerprint density at radius 2 is 2.14 bits per heavy atom. The number of hydrogen-bond donors (Lipinski definition) is 0. The zero-order valence-corrected chi connectivity index (χ0v) is 7.08. The van der Waals surface area contributed by atoms with E-state index in [0.717, 1.165) is 6.20 Å². The number of alkyl halides is 3. The van der Waals surface area contributed by atoms with Crippen LogP contribution < -0.4 is 0 Å². The van der Waals surface area contributed by atoms with Gasteiger partial charge in [0.15, 0.2) is 6.29 Å². The molecule has 76 valence electrons. The minimum atomic E-state index is -4.53. The highest BCUT2D eigenvalue weighted by atomic mass is 19.4. The topological polar surface area (TPSA) is 34.9 Å². The molecule has 3 nitrogen and oxygen atoms in total. The summed E-state index contributed by atoms with van der Waals surface area (Å²) in [5.74, 6) is -0.153. The summed E-state index contributed by atoms with van der Waals surface area (Å²) < 4.78 is 37.1. The Labute approximate surface area is 77.5 Å². The third-order valence-electron chi connectivity index (χ3n) is 2.17. The Morgan fingerprint density at radius 1 is 1.50 bits per heavy atom. The quantitative estimate of drug-likeness (QED) is 0.691. The Morgan fingerprint density at radius 3 is 2.57 bits per heavy atom. The second-order valence-corrected chi connectivity index (χ2v) is 3.26. The van der Waals surface area contributed by atoms with Crippen LogP contribution in [-0.2, 0) is 6.30 Å². The maximum absolute atomic E-state index is 12.4. The molecule has 0 bridgehead atoms. The lowest BCUT2D eigenvalue weighted by molar-refractivity contribution is -0.213. The molecule has 1 aliphatic carbocycles. The fourth-order valence-electron chi connectivity index (χ4n) is 1.43. The fourth-order valence-corrected chi connectivity index (χ4v) is 1.43. The molecule has 1 heterocycles. The first kappa shape index (κ1) is 9.23. The van der Waals surface area contributed by atoms with Gasteiger partial charge in [0.25, 0.3) is 0 Å². The van der Waals surface area contributed by atoms with Crippen molar-refractivity contribution in [1.29, 1.82) is 0 Å². The van der Waals surface area contributed by atoms with Crippen molar-refractivity contribution in [3.05, 3.63) is 17.5 Å². The highest BCUT2D eigenvalue weighted by Gasteiger charge is 2.40. The Hall–Kier alpha value is -1.33. The van der Waals surface area contributed by atoms with E-state index in [4.69, 9.17) is 0 Å². The van der Waals surface area contributed by atoms with Gasteiger partial charge >= 0.3 is 6.30 Å². The van der Waals surface area contributed by atoms with Crippen LogP contribution in [0, 0.1) is 0 Å². The van der Waals surface area contributed by atoms with E-state index in [1.54, 1.807) is 0 Å². The Balaban J connectivity index is 2.49. The molecule has 14 heavy (non-hydrogen) atoms. The standard InChI is InChI=1S/C8H7F3N2O/c9-8(10,11)13-7(5-1-2-5)6(4-14)3-12-13/h3-5H,1-2H2. The van der Waals surface area contributed by atoms with Crippen LogP contribution in [0.25, 0.3) is 0 Å². The predicted molar refractivity (Wildman–Crippen MR) is 40.9 cm³/mol. The van der Waals surface area contributed by atoms with E-state index >= 15 is 0 Å². The normalized spacial score (nSPS) is 17.1. The molecule has 1 saturated carbocycles. The first-order valence-corrected chi connectivity index (χ1v) is 4.14. The van der Waals surface area contributed by atoms with Crippen LogP contribution in [-0.4, -0.2) is 16.1 Å². The lowest BCUT2D eigenvalue weighted by Crippen LogP contribution is -2.20. The number of rotatable bonds is 2. The zero-order valence-electron chi connectivity index (χ0n) is 7.08. The van der Waals surface area contributed by atoms with E-state index in [-0.39, 0.29) is 21.9 Å². The molecule has 2 rings (SSSR count). The molecule has 1 aromatic heterocycles. The van der Waals surface area contributed by atoms with Gasteiger partial charge in [-0.3, -0.25) is 4.79 Å². The molecule has 1 fully saturated rings. The summed E-state index contributed by atoms with van der Waals surface area (Å²) in [6.07, 6.45) is -1.75. The summed E-state index contributed by atoms with van der Waals surface area (Å²) in [4.78, 5) is 10.5. The van der Waals surface area contributed by atoms with Crippen molar-refractivity contribution >= 4 is 6.29 Å². The van der Waals surface area contributed by atoms with E-state index in [0.29, 0.717) is 19.1 Å². The monoisotopic (exact) mass is 204 g/mol. The number of nitrogens with zero attached hydrogens (tertiary/aromatic N) is 2. The number of hydrogen-bond acceptors (Lipinski definition) is 2. The Kier molecular flexibility index (Phi) is 1.87. The van der Waals surface area contributed by atoms with E-state index < -0.39 is 6.30 Å². The number of aromatic nitrogens is 2. The van der Waals surface area contributed by atoms with Gasteiger partial charge in [0.05, 0.1) is 17.5 Å². The molecule has 1 aromatic rings. The van der Waals surface area contributed by atoms with Gasteiger partial charge < -0.3 is 0 Å². The van der Waals surface area contributed by atoms with Crippen LogP contribution in [0.2, 0.25) is 0 Å². The largest absolute Gasteiger partial charge is 0.504 e. The zero-order chi connectivity index (χ0) is 10.3. The van der Waals surface area contributed by atoms with Crippen molar-refractivity contribution in [2.75, 3.05) is 0 Å². The highest BCUT2D eigenvalue weighted by molar-refractivity contribution is 5.76. The first-order chi connectivity index (χ1) is 6.54. The smallest absolute Gasteiger partial charge is 0.298 e. The van der Waals surface area contributed by atoms with Crippen molar-refractivity contribution in [1.82, 2.24) is 9.78 Å². The number of carbonyl (C=O) groups excluding carboxylic acids is 1. The average molecular weight is 204 g/mol. The molecule has 0 unspecified atom stereocenters. The molecule has 0 aromatic carbocycles. The second kappa shape index (κ2) is 2.83. The number of halogens is 3. The molecule has 1 aliphatic rings. The van der Waals surface area contributed by atoms with Crippen LogP contribution in [0.4, 0.5) is 13.2 Å². The van der Waals surface area contributed by atoms with Gasteiger partial charge in [-0.1, -0.05) is 0 Å². The molecular formula is C8H7F3N2O. The summed E-state index contributed by atoms with van der Waals surface area (Å²) in [5.41, 5.74) is 0.0531. The number of carbonyl (C=O) groups is 1. The van der Waals surface area contributed by atoms with Crippen molar-refractivity contribution in [2.24, 2.45) is 0 Å². The van der Waals surface area contributed by atoms with Crippen molar-refractivity contribution in [3.63, 3.8) is 0 Å². The van der Waals surface area contributed by atoms with Crippen LogP contribution in [0.5, 0.6) is 0 Å². The van der Waals surface area contributed by atoms with Gasteiger partial charge in [-0.25, -0.2) is 0 Å². The first-order valence-electron chi connectivity index (χ1n) is 4.14. The molecular weight excluding hydrogens is 197 g/mol. The van der Waals surface area contributed by atoms with Crippen molar-refractivity contribution < 1.29 is 18.0 Å². The molecule has 0 aliphatic heterocycles. The van der Waals surface area contributed by atoms with Gasteiger partial charge in [-0.15, -0.1) is 13.2 Å². The molecule has 0 radical (unpaired) electrons. The maximum atomic E-state index is 12.4. The molecule has 0 N–H and O–H groups in total. The van der Waals surface area contributed by atoms with Crippen LogP contribution in [0.15, 0.2) is 6.20 Å². The lowest BCUT2D eigenvalue weighted by atomic mass is 10.2. The van der Waals surface area contributed by atoms with E-state index in [1.807, 2.05) is 0 Å². The maximum Gasteiger partial charge on any atom is 0.504 e. The summed E-state index contributed by atoms with van der Waals surface area (Å²) >= 11 is 0.